The molecule has 2 nitrogen and oxygen atoms in total. The molecule has 7 heteroatoms. The molecule has 1 aromatic rings. The molecule has 1 saturated heterocycles. The van der Waals surface area contributed by atoms with Crippen molar-refractivity contribution < 1.29 is 13.2 Å². The van der Waals surface area contributed by atoms with E-state index in [1.165, 1.54) is 0 Å². The van der Waals surface area contributed by atoms with Gasteiger partial charge in [-0.25, -0.2) is 0 Å². The highest BCUT2D eigenvalue weighted by Gasteiger charge is 2.31. The molecule has 20 heavy (non-hydrogen) atoms. The number of hydrogen-bond donors (Lipinski definition) is 1. The minimum Gasteiger partial charge on any atom is -0.327 e. The van der Waals surface area contributed by atoms with Crippen molar-refractivity contribution in [3.05, 3.63) is 34.3 Å². The monoisotopic (exact) mass is 328 g/mol. The van der Waals surface area contributed by atoms with Crippen molar-refractivity contribution in [3.63, 3.8) is 0 Å². The first-order valence-electron chi connectivity index (χ1n) is 6.19. The van der Waals surface area contributed by atoms with Gasteiger partial charge in [0.05, 0.1) is 5.56 Å². The molecule has 1 aliphatic rings. The number of piperidine rings is 1. The second-order valence-corrected chi connectivity index (χ2v) is 5.42. The molecule has 0 radical (unpaired) electrons. The number of halogens is 5. The van der Waals surface area contributed by atoms with Gasteiger partial charge in [-0.1, -0.05) is 11.6 Å². The van der Waals surface area contributed by atoms with Crippen LogP contribution in [0.4, 0.5) is 13.2 Å². The molecular formula is C13H17Cl2F3N2. The van der Waals surface area contributed by atoms with Gasteiger partial charge in [0, 0.05) is 24.2 Å². The minimum atomic E-state index is -4.36. The molecule has 2 rings (SSSR count). The topological polar surface area (TPSA) is 29.3 Å². The van der Waals surface area contributed by atoms with Gasteiger partial charge in [-0.2, -0.15) is 13.2 Å². The molecular weight excluding hydrogens is 312 g/mol. The fraction of sp³-hybridized carbons (Fsp3) is 0.538. The van der Waals surface area contributed by atoms with Crippen LogP contribution in [0.1, 0.15) is 24.0 Å². The van der Waals surface area contributed by atoms with Gasteiger partial charge in [-0.3, -0.25) is 4.90 Å². The maximum atomic E-state index is 12.7. The Balaban J connectivity index is 0.00000200. The normalized spacial score (nSPS) is 20.6. The third kappa shape index (κ3) is 4.81. The Kier molecular flexibility index (Phi) is 6.13. The number of nitrogens with two attached hydrogens (primary N) is 1. The van der Waals surface area contributed by atoms with Gasteiger partial charge in [-0.05, 0) is 43.1 Å². The summed E-state index contributed by atoms with van der Waals surface area (Å²) in [5.41, 5.74) is 5.74. The second kappa shape index (κ2) is 6.98. The molecule has 0 bridgehead atoms. The van der Waals surface area contributed by atoms with Crippen molar-refractivity contribution in [1.82, 2.24) is 4.90 Å². The first-order valence-corrected chi connectivity index (χ1v) is 6.57. The van der Waals surface area contributed by atoms with E-state index in [2.05, 4.69) is 4.90 Å². The molecule has 114 valence electrons. The van der Waals surface area contributed by atoms with Crippen molar-refractivity contribution in [1.29, 1.82) is 0 Å². The van der Waals surface area contributed by atoms with E-state index in [-0.39, 0.29) is 23.5 Å². The standard InChI is InChI=1S/C13H16ClF3N2.ClH/c14-11-5-9(4-10(6-11)13(15,16)17)7-19-3-1-2-12(18)8-19;/h4-6,12H,1-3,7-8,18H2;1H/t12-;/m1./s1. The van der Waals surface area contributed by atoms with Crippen LogP contribution in [0.15, 0.2) is 18.2 Å². The Morgan fingerprint density at radius 1 is 1.30 bits per heavy atom. The van der Waals surface area contributed by atoms with Crippen molar-refractivity contribution in [2.45, 2.75) is 31.6 Å². The quantitative estimate of drug-likeness (QED) is 0.896. The highest BCUT2D eigenvalue weighted by molar-refractivity contribution is 6.30. The minimum absolute atomic E-state index is 0. The lowest BCUT2D eigenvalue weighted by molar-refractivity contribution is -0.137. The molecule has 1 atom stereocenters. The van der Waals surface area contributed by atoms with Crippen LogP contribution < -0.4 is 5.73 Å². The van der Waals surface area contributed by atoms with Gasteiger partial charge in [-0.15, -0.1) is 12.4 Å². The molecule has 0 aliphatic carbocycles. The average Bonchev–Trinajstić information content (AvgIpc) is 2.26. The van der Waals surface area contributed by atoms with E-state index in [1.54, 1.807) is 6.07 Å². The highest BCUT2D eigenvalue weighted by atomic mass is 35.5. The van der Waals surface area contributed by atoms with E-state index in [0.29, 0.717) is 18.7 Å². The van der Waals surface area contributed by atoms with E-state index < -0.39 is 11.7 Å². The summed E-state index contributed by atoms with van der Waals surface area (Å²) in [5.74, 6) is 0. The van der Waals surface area contributed by atoms with Crippen molar-refractivity contribution in [3.8, 4) is 0 Å². The van der Waals surface area contributed by atoms with E-state index >= 15 is 0 Å². The van der Waals surface area contributed by atoms with E-state index in [1.807, 2.05) is 0 Å². The molecule has 0 spiro atoms. The van der Waals surface area contributed by atoms with Crippen molar-refractivity contribution in [2.75, 3.05) is 13.1 Å². The molecule has 1 aliphatic heterocycles. The number of likely N-dealkylation sites (tertiary alicyclic amines) is 1. The lowest BCUT2D eigenvalue weighted by atomic mass is 10.0. The lowest BCUT2D eigenvalue weighted by Crippen LogP contribution is -2.42. The molecule has 0 saturated carbocycles. The molecule has 1 fully saturated rings. The molecule has 1 heterocycles. The third-order valence-corrected chi connectivity index (χ3v) is 3.45. The molecule has 1 aromatic carbocycles. The SMILES string of the molecule is Cl.N[C@@H]1CCCN(Cc2cc(Cl)cc(C(F)(F)F)c2)C1. The Bertz CT molecular complexity index is 452. The largest absolute Gasteiger partial charge is 0.416 e. The van der Waals surface area contributed by atoms with Crippen LogP contribution in [-0.4, -0.2) is 24.0 Å². The highest BCUT2D eigenvalue weighted by Crippen LogP contribution is 2.32. The zero-order valence-corrected chi connectivity index (χ0v) is 12.4. The smallest absolute Gasteiger partial charge is 0.327 e. The first-order chi connectivity index (χ1) is 8.84. The van der Waals surface area contributed by atoms with Gasteiger partial charge >= 0.3 is 6.18 Å². The van der Waals surface area contributed by atoms with Crippen molar-refractivity contribution >= 4 is 24.0 Å². The van der Waals surface area contributed by atoms with E-state index in [0.717, 1.165) is 31.5 Å². The van der Waals surface area contributed by atoms with Crippen LogP contribution in [0.5, 0.6) is 0 Å². The summed E-state index contributed by atoms with van der Waals surface area (Å²) in [5, 5.41) is 0.117. The summed E-state index contributed by atoms with van der Waals surface area (Å²) in [4.78, 5) is 2.07. The summed E-state index contributed by atoms with van der Waals surface area (Å²) in [7, 11) is 0. The van der Waals surface area contributed by atoms with Crippen LogP contribution in [-0.2, 0) is 12.7 Å². The molecule has 0 aromatic heterocycles. The summed E-state index contributed by atoms with van der Waals surface area (Å²) in [6.07, 6.45) is -2.41. The van der Waals surface area contributed by atoms with Crippen LogP contribution in [0.25, 0.3) is 0 Å². The maximum absolute atomic E-state index is 12.7. The average molecular weight is 329 g/mol. The number of nitrogens with zero attached hydrogens (tertiary/aromatic N) is 1. The lowest BCUT2D eigenvalue weighted by Gasteiger charge is -2.30. The van der Waals surface area contributed by atoms with E-state index in [9.17, 15) is 13.2 Å². The van der Waals surface area contributed by atoms with Gasteiger partial charge in [0.2, 0.25) is 0 Å². The Morgan fingerprint density at radius 2 is 2.00 bits per heavy atom. The third-order valence-electron chi connectivity index (χ3n) is 3.23. The summed E-state index contributed by atoms with van der Waals surface area (Å²) < 4.78 is 38.1. The predicted octanol–water partition coefficient (Wildman–Crippen LogP) is 3.70. The van der Waals surface area contributed by atoms with Crippen molar-refractivity contribution in [2.24, 2.45) is 5.73 Å². The van der Waals surface area contributed by atoms with Gasteiger partial charge in [0.25, 0.3) is 0 Å². The Labute approximate surface area is 127 Å². The summed E-state index contributed by atoms with van der Waals surface area (Å²) in [6.45, 7) is 2.03. The number of rotatable bonds is 2. The van der Waals surface area contributed by atoms with Gasteiger partial charge in [0.1, 0.15) is 0 Å². The molecule has 2 N–H and O–H groups in total. The summed E-state index contributed by atoms with van der Waals surface area (Å²) in [6, 6.07) is 3.80. The zero-order chi connectivity index (χ0) is 14.0. The second-order valence-electron chi connectivity index (χ2n) is 4.98. The van der Waals surface area contributed by atoms with Crippen LogP contribution in [0.3, 0.4) is 0 Å². The van der Waals surface area contributed by atoms with Crippen LogP contribution in [0, 0.1) is 0 Å². The molecule has 0 unspecified atom stereocenters. The number of benzene rings is 1. The van der Waals surface area contributed by atoms with E-state index in [4.69, 9.17) is 17.3 Å². The fourth-order valence-corrected chi connectivity index (χ4v) is 2.66. The van der Waals surface area contributed by atoms with Gasteiger partial charge < -0.3 is 5.73 Å². The van der Waals surface area contributed by atoms with Gasteiger partial charge in [0.15, 0.2) is 0 Å². The fourth-order valence-electron chi connectivity index (χ4n) is 2.40. The maximum Gasteiger partial charge on any atom is 0.416 e. The predicted molar refractivity (Wildman–Crippen MR) is 76.2 cm³/mol. The molecule has 0 amide bonds. The Morgan fingerprint density at radius 3 is 2.60 bits per heavy atom. The summed E-state index contributed by atoms with van der Waals surface area (Å²) >= 11 is 5.76. The van der Waals surface area contributed by atoms with Crippen LogP contribution >= 0.6 is 24.0 Å². The zero-order valence-electron chi connectivity index (χ0n) is 10.8. The first kappa shape index (κ1) is 17.6. The Hall–Kier alpha value is -0.490. The van der Waals surface area contributed by atoms with Crippen LogP contribution in [0.2, 0.25) is 5.02 Å². The number of alkyl halides is 3. The number of hydrogen-bond acceptors (Lipinski definition) is 2.